The number of benzene rings is 4. The molecular weight excluding hydrogens is 478 g/mol. The summed E-state index contributed by atoms with van der Waals surface area (Å²) in [5, 5.41) is 0. The molecule has 0 radical (unpaired) electrons. The van der Waals surface area contributed by atoms with Crippen LogP contribution in [0.4, 0.5) is 0 Å². The Morgan fingerprint density at radius 2 is 1.38 bits per heavy atom. The Labute approximate surface area is 228 Å². The topological polar surface area (TPSA) is 57.7 Å². The normalized spacial score (nSPS) is 14.8. The van der Waals surface area contributed by atoms with Crippen LogP contribution in [0.25, 0.3) is 44.6 Å². The second kappa shape index (κ2) is 10.1. The molecule has 0 aliphatic carbocycles. The van der Waals surface area contributed by atoms with E-state index < -0.39 is 0 Å². The molecule has 1 saturated heterocycles. The van der Waals surface area contributed by atoms with E-state index >= 15 is 0 Å². The van der Waals surface area contributed by atoms with Crippen molar-refractivity contribution < 1.29 is 0 Å². The van der Waals surface area contributed by atoms with Crippen molar-refractivity contribution in [2.24, 2.45) is 0 Å². The van der Waals surface area contributed by atoms with Crippen LogP contribution in [0, 0.1) is 6.92 Å². The van der Waals surface area contributed by atoms with Crippen LogP contribution in [0.3, 0.4) is 0 Å². The molecule has 5 heteroatoms. The van der Waals surface area contributed by atoms with E-state index in [4.69, 9.17) is 15.0 Å². The number of aryl methyl sites for hydroxylation is 1. The fourth-order valence-corrected chi connectivity index (χ4v) is 5.77. The molecule has 7 rings (SSSR count). The fraction of sp³-hybridized carbons (Fsp3) is 0.206. The molecule has 1 fully saturated rings. The van der Waals surface area contributed by atoms with Crippen molar-refractivity contribution in [3.63, 3.8) is 0 Å². The zero-order valence-corrected chi connectivity index (χ0v) is 22.1. The van der Waals surface area contributed by atoms with E-state index in [1.54, 1.807) is 0 Å². The van der Waals surface area contributed by atoms with E-state index in [1.165, 1.54) is 5.56 Å². The van der Waals surface area contributed by atoms with Crippen molar-refractivity contribution in [3.8, 4) is 22.5 Å². The maximum Gasteiger partial charge on any atom is 0.110 e. The van der Waals surface area contributed by atoms with Gasteiger partial charge in [0.25, 0.3) is 0 Å². The van der Waals surface area contributed by atoms with E-state index in [1.807, 2.05) is 12.1 Å². The predicted molar refractivity (Wildman–Crippen MR) is 158 cm³/mol. The predicted octanol–water partition coefficient (Wildman–Crippen LogP) is 7.53. The van der Waals surface area contributed by atoms with Crippen LogP contribution >= 0.6 is 0 Å². The van der Waals surface area contributed by atoms with E-state index in [9.17, 15) is 0 Å². The second-order valence-corrected chi connectivity index (χ2v) is 10.6. The highest BCUT2D eigenvalue weighted by atomic mass is 15.1. The molecule has 192 valence electrons. The molecule has 1 N–H and O–H groups in total. The first-order valence-electron chi connectivity index (χ1n) is 13.8. The summed E-state index contributed by atoms with van der Waals surface area (Å²) in [5.74, 6) is 1.64. The Bertz CT molecular complexity index is 1710. The number of likely N-dealkylation sites (tertiary alicyclic amines) is 1. The Kier molecular flexibility index (Phi) is 6.14. The van der Waals surface area contributed by atoms with Gasteiger partial charge in [-0.1, -0.05) is 78.9 Å². The Balaban J connectivity index is 1.10. The number of hydrogen-bond donors (Lipinski definition) is 1. The first kappa shape index (κ1) is 23.7. The van der Waals surface area contributed by atoms with Gasteiger partial charge in [-0.15, -0.1) is 0 Å². The highest BCUT2D eigenvalue weighted by Gasteiger charge is 2.23. The summed E-state index contributed by atoms with van der Waals surface area (Å²) in [6, 6.07) is 33.8. The number of aromatic nitrogens is 4. The number of piperidine rings is 1. The molecule has 0 spiro atoms. The van der Waals surface area contributed by atoms with Crippen molar-refractivity contribution in [1.82, 2.24) is 24.8 Å². The lowest BCUT2D eigenvalue weighted by molar-refractivity contribution is 0.202. The molecule has 0 bridgehead atoms. The fourth-order valence-electron chi connectivity index (χ4n) is 5.77. The van der Waals surface area contributed by atoms with Crippen LogP contribution in [0.1, 0.15) is 35.7 Å². The van der Waals surface area contributed by atoms with E-state index in [2.05, 4.69) is 102 Å². The van der Waals surface area contributed by atoms with Gasteiger partial charge in [-0.05, 0) is 62.2 Å². The summed E-state index contributed by atoms with van der Waals surface area (Å²) in [6.45, 7) is 5.22. The van der Waals surface area contributed by atoms with Gasteiger partial charge in [-0.2, -0.15) is 0 Å². The number of nitrogens with zero attached hydrogens (tertiary/aromatic N) is 4. The van der Waals surface area contributed by atoms with Crippen LogP contribution in [-0.4, -0.2) is 37.9 Å². The van der Waals surface area contributed by atoms with Gasteiger partial charge < -0.3 is 4.98 Å². The third-order valence-electron chi connectivity index (χ3n) is 7.96. The van der Waals surface area contributed by atoms with Gasteiger partial charge >= 0.3 is 0 Å². The third-order valence-corrected chi connectivity index (χ3v) is 7.96. The maximum absolute atomic E-state index is 5.14. The monoisotopic (exact) mass is 509 g/mol. The van der Waals surface area contributed by atoms with Gasteiger partial charge in [0.2, 0.25) is 0 Å². The number of imidazole rings is 1. The third kappa shape index (κ3) is 4.70. The zero-order valence-electron chi connectivity index (χ0n) is 22.1. The highest BCUT2D eigenvalue weighted by molar-refractivity contribution is 5.87. The van der Waals surface area contributed by atoms with Gasteiger partial charge in [-0.3, -0.25) is 4.90 Å². The molecule has 2 aromatic heterocycles. The molecular formula is C34H31N5. The maximum atomic E-state index is 5.14. The van der Waals surface area contributed by atoms with Gasteiger partial charge in [0.1, 0.15) is 5.82 Å². The number of rotatable bonds is 5. The Morgan fingerprint density at radius 1 is 0.692 bits per heavy atom. The summed E-state index contributed by atoms with van der Waals surface area (Å²) >= 11 is 0. The SMILES string of the molecule is Cc1cccc2nc(-c3ccccc3)c(-c3ccc(CN4CCC(c5nc6ccccc6[nH]5)CC4)cc3)nc12. The molecule has 0 amide bonds. The standard InChI is InChI=1S/C34H31N5/c1-23-8-7-13-30-31(23)38-33(32(35-30)25-9-3-2-4-10-25)26-16-14-24(15-17-26)22-39-20-18-27(19-21-39)34-36-28-11-5-6-12-29(28)37-34/h2-17,27H,18-22H2,1H3,(H,36,37). The minimum absolute atomic E-state index is 0.502. The van der Waals surface area contributed by atoms with Gasteiger partial charge in [0.05, 0.1) is 33.5 Å². The molecule has 0 unspecified atom stereocenters. The second-order valence-electron chi connectivity index (χ2n) is 10.6. The number of aromatic amines is 1. The van der Waals surface area contributed by atoms with Gasteiger partial charge in [0, 0.05) is 23.6 Å². The zero-order chi connectivity index (χ0) is 26.2. The molecule has 5 nitrogen and oxygen atoms in total. The molecule has 4 aromatic carbocycles. The minimum atomic E-state index is 0.502. The van der Waals surface area contributed by atoms with Crippen molar-refractivity contribution in [1.29, 1.82) is 0 Å². The number of para-hydroxylation sites is 3. The van der Waals surface area contributed by atoms with Gasteiger partial charge in [-0.25, -0.2) is 15.0 Å². The van der Waals surface area contributed by atoms with Crippen LogP contribution < -0.4 is 0 Å². The van der Waals surface area contributed by atoms with Crippen LogP contribution in [0.2, 0.25) is 0 Å². The summed E-state index contributed by atoms with van der Waals surface area (Å²) in [5.41, 5.74) is 10.6. The van der Waals surface area contributed by atoms with Crippen molar-refractivity contribution in [2.45, 2.75) is 32.2 Å². The largest absolute Gasteiger partial charge is 0.342 e. The van der Waals surface area contributed by atoms with Crippen molar-refractivity contribution >= 4 is 22.1 Å². The average molecular weight is 510 g/mol. The highest BCUT2D eigenvalue weighted by Crippen LogP contribution is 2.33. The van der Waals surface area contributed by atoms with Crippen molar-refractivity contribution in [3.05, 3.63) is 114 Å². The molecule has 1 aliphatic heterocycles. The smallest absolute Gasteiger partial charge is 0.110 e. The van der Waals surface area contributed by atoms with E-state index in [0.717, 1.165) is 88.4 Å². The molecule has 3 heterocycles. The van der Waals surface area contributed by atoms with E-state index in [0.29, 0.717) is 5.92 Å². The molecule has 6 aromatic rings. The first-order valence-corrected chi connectivity index (χ1v) is 13.8. The number of H-pyrrole nitrogens is 1. The van der Waals surface area contributed by atoms with Crippen molar-refractivity contribution in [2.75, 3.05) is 13.1 Å². The quantitative estimate of drug-likeness (QED) is 0.261. The summed E-state index contributed by atoms with van der Waals surface area (Å²) < 4.78 is 0. The number of fused-ring (bicyclic) bond motifs is 2. The average Bonchev–Trinajstić information content (AvgIpc) is 3.43. The van der Waals surface area contributed by atoms with Crippen LogP contribution in [0.15, 0.2) is 97.1 Å². The lowest BCUT2D eigenvalue weighted by Gasteiger charge is -2.31. The Hall–Kier alpha value is -4.35. The van der Waals surface area contributed by atoms with E-state index in [-0.39, 0.29) is 0 Å². The minimum Gasteiger partial charge on any atom is -0.342 e. The Morgan fingerprint density at radius 3 is 2.18 bits per heavy atom. The number of nitrogens with one attached hydrogen (secondary N) is 1. The van der Waals surface area contributed by atoms with Crippen LogP contribution in [-0.2, 0) is 6.54 Å². The molecule has 39 heavy (non-hydrogen) atoms. The number of hydrogen-bond acceptors (Lipinski definition) is 4. The molecule has 1 aliphatic rings. The molecule has 0 atom stereocenters. The first-order chi connectivity index (χ1) is 19.2. The molecule has 0 saturated carbocycles. The summed E-state index contributed by atoms with van der Waals surface area (Å²) in [6.07, 6.45) is 2.26. The lowest BCUT2D eigenvalue weighted by atomic mass is 9.95. The lowest BCUT2D eigenvalue weighted by Crippen LogP contribution is -2.32. The van der Waals surface area contributed by atoms with Crippen LogP contribution in [0.5, 0.6) is 0 Å². The summed E-state index contributed by atoms with van der Waals surface area (Å²) in [4.78, 5) is 21.2. The van der Waals surface area contributed by atoms with Gasteiger partial charge in [0.15, 0.2) is 0 Å². The summed E-state index contributed by atoms with van der Waals surface area (Å²) in [7, 11) is 0.